The highest BCUT2D eigenvalue weighted by atomic mass is 16.5. The topological polar surface area (TPSA) is 221 Å². The van der Waals surface area contributed by atoms with Gasteiger partial charge in [-0.15, -0.1) is 0 Å². The molecule has 0 bridgehead atoms. The van der Waals surface area contributed by atoms with Crippen LogP contribution in [0.1, 0.15) is 114 Å². The maximum Gasteiger partial charge on any atom is 0.135 e. The number of rotatable bonds is 5. The van der Waals surface area contributed by atoms with Gasteiger partial charge in [-0.25, -0.2) is 0 Å². The van der Waals surface area contributed by atoms with Gasteiger partial charge in [0.25, 0.3) is 0 Å². The molecule has 12 heteroatoms. The van der Waals surface area contributed by atoms with Crippen LogP contribution in [0.25, 0.3) is 0 Å². The van der Waals surface area contributed by atoms with Crippen molar-refractivity contribution in [3.05, 3.63) is 212 Å². The van der Waals surface area contributed by atoms with Gasteiger partial charge < -0.3 is 60.5 Å². The number of phenolic OH excluding ortho intramolecular Hbond substituents is 10. The normalized spacial score (nSPS) is 22.6. The van der Waals surface area contributed by atoms with E-state index >= 15 is 0 Å². The minimum atomic E-state index is -0.918. The van der Waals surface area contributed by atoms with E-state index < -0.39 is 47.7 Å². The Balaban J connectivity index is 1.25. The van der Waals surface area contributed by atoms with Gasteiger partial charge in [0, 0.05) is 70.2 Å². The molecule has 2 heterocycles. The number of phenols is 10. The van der Waals surface area contributed by atoms with E-state index in [-0.39, 0.29) is 57.5 Å². The summed E-state index contributed by atoms with van der Waals surface area (Å²) in [5.74, 6) is -5.69. The van der Waals surface area contributed by atoms with Crippen molar-refractivity contribution in [3.8, 4) is 69.0 Å². The highest BCUT2D eigenvalue weighted by Crippen LogP contribution is 2.69. The van der Waals surface area contributed by atoms with Gasteiger partial charge in [0.1, 0.15) is 81.2 Å². The van der Waals surface area contributed by atoms with Gasteiger partial charge in [-0.3, -0.25) is 0 Å². The van der Waals surface area contributed by atoms with E-state index in [0.29, 0.717) is 78.3 Å². The van der Waals surface area contributed by atoms with E-state index in [0.717, 1.165) is 0 Å². The molecule has 8 aromatic carbocycles. The molecule has 68 heavy (non-hydrogen) atoms. The van der Waals surface area contributed by atoms with Gasteiger partial charge in [-0.2, -0.15) is 0 Å². The van der Waals surface area contributed by atoms with Crippen molar-refractivity contribution in [1.82, 2.24) is 0 Å². The van der Waals surface area contributed by atoms with Crippen LogP contribution in [-0.4, -0.2) is 51.1 Å². The summed E-state index contributed by atoms with van der Waals surface area (Å²) in [5.41, 5.74) is 6.75. The van der Waals surface area contributed by atoms with Crippen molar-refractivity contribution in [2.24, 2.45) is 0 Å². The lowest BCUT2D eigenvalue weighted by Gasteiger charge is -2.40. The van der Waals surface area contributed by atoms with Gasteiger partial charge in [0.15, 0.2) is 0 Å². The average molecular weight is 907 g/mol. The number of benzene rings is 8. The summed E-state index contributed by atoms with van der Waals surface area (Å²) in [7, 11) is 0. The van der Waals surface area contributed by atoms with Crippen molar-refractivity contribution < 1.29 is 60.5 Å². The van der Waals surface area contributed by atoms with E-state index in [1.807, 2.05) is 0 Å². The standard InChI is InChI=1S/C56H42O12/c57-29-9-1-25(2-10-29)45-47-37(17-33(61)21-41(47)65)53-49-39(19-35(63)23-43(49)67-55(53)27-5-13-31(59)14-6-27)51(45)52-40-20-36(64)24-44-50(40)54(56(68-44)28-7-15-32(60)16-8-28)38-18-34(62)22-42(66)48(38)46(52)26-3-11-30(58)12-4-26/h1-24,45-46,51-66H/t45-,46-,51+,52+,53-,54-,55+,56+/m0/s1. The number of hydrogen-bond donors (Lipinski definition) is 10. The molecule has 2 aliphatic carbocycles. The molecule has 8 atom stereocenters. The zero-order valence-corrected chi connectivity index (χ0v) is 35.8. The summed E-state index contributed by atoms with van der Waals surface area (Å²) >= 11 is 0. The fourth-order valence-electron chi connectivity index (χ4n) is 12.0. The Hall–Kier alpha value is -8.64. The van der Waals surface area contributed by atoms with Crippen LogP contribution in [0.2, 0.25) is 0 Å². The lowest BCUT2D eigenvalue weighted by molar-refractivity contribution is 0.221. The molecule has 12 rings (SSSR count). The van der Waals surface area contributed by atoms with Gasteiger partial charge in [0.2, 0.25) is 0 Å². The molecule has 8 aromatic rings. The predicted molar refractivity (Wildman–Crippen MR) is 248 cm³/mol. The van der Waals surface area contributed by atoms with Crippen LogP contribution in [-0.2, 0) is 0 Å². The second kappa shape index (κ2) is 14.9. The highest BCUT2D eigenvalue weighted by molar-refractivity contribution is 5.71. The van der Waals surface area contributed by atoms with Crippen LogP contribution in [0.3, 0.4) is 0 Å². The summed E-state index contributed by atoms with van der Waals surface area (Å²) in [6.07, 6.45) is -1.62. The molecule has 0 unspecified atom stereocenters. The van der Waals surface area contributed by atoms with Crippen LogP contribution < -0.4 is 9.47 Å². The van der Waals surface area contributed by atoms with Crippen LogP contribution in [0.4, 0.5) is 0 Å². The number of ether oxygens (including phenoxy) is 2. The van der Waals surface area contributed by atoms with E-state index in [2.05, 4.69) is 0 Å². The molecule has 4 aliphatic rings. The summed E-state index contributed by atoms with van der Waals surface area (Å²) in [6.45, 7) is 0. The Labute approximate surface area is 388 Å². The fraction of sp³-hybridized carbons (Fsp3) is 0.143. The lowest BCUT2D eigenvalue weighted by Crippen LogP contribution is -2.26. The van der Waals surface area contributed by atoms with Crippen LogP contribution in [0.5, 0.6) is 69.0 Å². The van der Waals surface area contributed by atoms with Gasteiger partial charge >= 0.3 is 0 Å². The first-order chi connectivity index (χ1) is 32.8. The molecule has 0 spiro atoms. The Morgan fingerprint density at radius 1 is 0.265 bits per heavy atom. The molecule has 0 radical (unpaired) electrons. The fourth-order valence-corrected chi connectivity index (χ4v) is 12.0. The molecule has 0 saturated carbocycles. The highest BCUT2D eigenvalue weighted by Gasteiger charge is 2.55. The molecule has 0 amide bonds. The SMILES string of the molecule is Oc1ccc([C@H]2c3c(O)cc(O)cc3[C@H]3c4c(cc(O)cc4[C@H]2[C@@H]2c4cc(O)cc5c4[C@H](c4cc(O)cc(O)c4[C@@H]2c2ccc(O)cc2)[C@@H](c2ccc(O)cc2)O5)O[C@@H]3c2ccc(O)cc2)cc1. The van der Waals surface area contributed by atoms with Gasteiger partial charge in [-0.05, 0) is 117 Å². The van der Waals surface area contributed by atoms with Crippen LogP contribution >= 0.6 is 0 Å². The third kappa shape index (κ3) is 6.20. The Morgan fingerprint density at radius 3 is 0.897 bits per heavy atom. The van der Waals surface area contributed by atoms with E-state index in [4.69, 9.17) is 9.47 Å². The largest absolute Gasteiger partial charge is 0.508 e. The third-order valence-corrected chi connectivity index (χ3v) is 14.5. The maximum absolute atomic E-state index is 12.5. The van der Waals surface area contributed by atoms with E-state index in [1.54, 1.807) is 121 Å². The van der Waals surface area contributed by atoms with Crippen molar-refractivity contribution in [2.75, 3.05) is 0 Å². The van der Waals surface area contributed by atoms with Crippen LogP contribution in [0, 0.1) is 0 Å². The minimum Gasteiger partial charge on any atom is -0.508 e. The average Bonchev–Trinajstić information content (AvgIpc) is 3.81. The zero-order valence-electron chi connectivity index (χ0n) is 35.8. The first-order valence-electron chi connectivity index (χ1n) is 22.2. The molecule has 0 saturated heterocycles. The van der Waals surface area contributed by atoms with Crippen molar-refractivity contribution in [3.63, 3.8) is 0 Å². The van der Waals surface area contributed by atoms with Gasteiger partial charge in [-0.1, -0.05) is 48.5 Å². The minimum absolute atomic E-state index is 0.0182. The second-order valence-corrected chi connectivity index (χ2v) is 18.2. The summed E-state index contributed by atoms with van der Waals surface area (Å²) in [6, 6.07) is 38.4. The van der Waals surface area contributed by atoms with E-state index in [9.17, 15) is 51.1 Å². The molecule has 2 aliphatic heterocycles. The molecule has 10 N–H and O–H groups in total. The molecule has 0 fully saturated rings. The van der Waals surface area contributed by atoms with Gasteiger partial charge in [0.05, 0.1) is 11.8 Å². The molecule has 12 nitrogen and oxygen atoms in total. The van der Waals surface area contributed by atoms with E-state index in [1.165, 1.54) is 24.3 Å². The third-order valence-electron chi connectivity index (χ3n) is 14.5. The molecule has 338 valence electrons. The molecular weight excluding hydrogens is 865 g/mol. The monoisotopic (exact) mass is 906 g/mol. The quantitative estimate of drug-likeness (QED) is 0.0780. The van der Waals surface area contributed by atoms with Crippen molar-refractivity contribution in [1.29, 1.82) is 0 Å². The maximum atomic E-state index is 12.5. The Morgan fingerprint density at radius 2 is 0.559 bits per heavy atom. The summed E-state index contributed by atoms with van der Waals surface area (Å²) in [4.78, 5) is 0. The van der Waals surface area contributed by atoms with Crippen molar-refractivity contribution in [2.45, 2.75) is 47.7 Å². The Bertz CT molecular complexity index is 3110. The smallest absolute Gasteiger partial charge is 0.135 e. The number of aromatic hydroxyl groups is 10. The van der Waals surface area contributed by atoms with Crippen molar-refractivity contribution >= 4 is 0 Å². The first kappa shape index (κ1) is 40.8. The molecule has 0 aromatic heterocycles. The number of fused-ring (bicyclic) bond motifs is 4. The Kier molecular flexibility index (Phi) is 8.97. The second-order valence-electron chi connectivity index (χ2n) is 18.2. The number of hydrogen-bond acceptors (Lipinski definition) is 12. The first-order valence-corrected chi connectivity index (χ1v) is 22.2. The predicted octanol–water partition coefficient (Wildman–Crippen LogP) is 10.4. The molecular formula is C56H42O12. The lowest BCUT2D eigenvalue weighted by atomic mass is 9.62. The van der Waals surface area contributed by atoms with Crippen LogP contribution in [0.15, 0.2) is 146 Å². The zero-order chi connectivity index (χ0) is 46.9. The summed E-state index contributed by atoms with van der Waals surface area (Å²) in [5, 5.41) is 114. The summed E-state index contributed by atoms with van der Waals surface area (Å²) < 4.78 is 13.7.